The molecule has 0 heterocycles. The molecular weight excluding hydrogens is 342 g/mol. The Morgan fingerprint density at radius 2 is 1.59 bits per heavy atom. The van der Waals surface area contributed by atoms with Crippen molar-refractivity contribution in [2.24, 2.45) is 0 Å². The predicted octanol–water partition coefficient (Wildman–Crippen LogP) is 4.88. The molecule has 0 aromatic heterocycles. The van der Waals surface area contributed by atoms with Crippen LogP contribution in [0.2, 0.25) is 0 Å². The lowest BCUT2D eigenvalue weighted by Crippen LogP contribution is -2.23. The van der Waals surface area contributed by atoms with E-state index >= 15 is 0 Å². The molecular formula is C18H22BrNO2. The van der Waals surface area contributed by atoms with Crippen molar-refractivity contribution in [2.75, 3.05) is 14.2 Å². The standard InChI is InChI=1S/C18H22BrNO2/c1-12(14-5-7-15(19)8-6-14)20-13(2)17-11-16(21-3)9-10-18(17)22-4/h5-13,20H,1-4H3. The van der Waals surface area contributed by atoms with Crippen LogP contribution in [0.3, 0.4) is 0 Å². The van der Waals surface area contributed by atoms with Gasteiger partial charge in [0.25, 0.3) is 0 Å². The lowest BCUT2D eigenvalue weighted by molar-refractivity contribution is 0.387. The molecule has 0 saturated carbocycles. The summed E-state index contributed by atoms with van der Waals surface area (Å²) in [5, 5.41) is 3.61. The summed E-state index contributed by atoms with van der Waals surface area (Å²) < 4.78 is 11.9. The van der Waals surface area contributed by atoms with E-state index in [9.17, 15) is 0 Å². The second-order valence-electron chi connectivity index (χ2n) is 5.27. The van der Waals surface area contributed by atoms with E-state index in [-0.39, 0.29) is 12.1 Å². The van der Waals surface area contributed by atoms with E-state index < -0.39 is 0 Å². The molecule has 22 heavy (non-hydrogen) atoms. The summed E-state index contributed by atoms with van der Waals surface area (Å²) in [6.07, 6.45) is 0. The first-order chi connectivity index (χ1) is 10.5. The Balaban J connectivity index is 2.17. The lowest BCUT2D eigenvalue weighted by atomic mass is 10.0. The van der Waals surface area contributed by atoms with Crippen molar-refractivity contribution in [3.05, 3.63) is 58.1 Å². The number of hydrogen-bond donors (Lipinski definition) is 1. The van der Waals surface area contributed by atoms with Gasteiger partial charge in [0, 0.05) is 22.1 Å². The quantitative estimate of drug-likeness (QED) is 0.793. The summed E-state index contributed by atoms with van der Waals surface area (Å²) in [6, 6.07) is 14.6. The maximum atomic E-state index is 5.47. The first kappa shape index (κ1) is 16.8. The SMILES string of the molecule is COc1ccc(OC)c(C(C)NC(C)c2ccc(Br)cc2)c1. The van der Waals surface area contributed by atoms with Crippen LogP contribution in [0.15, 0.2) is 46.9 Å². The van der Waals surface area contributed by atoms with Gasteiger partial charge in [-0.3, -0.25) is 0 Å². The highest BCUT2D eigenvalue weighted by molar-refractivity contribution is 9.10. The number of rotatable bonds is 6. The van der Waals surface area contributed by atoms with Crippen LogP contribution >= 0.6 is 15.9 Å². The number of methoxy groups -OCH3 is 2. The van der Waals surface area contributed by atoms with Crippen LogP contribution in [0.4, 0.5) is 0 Å². The molecule has 0 fully saturated rings. The molecule has 1 N–H and O–H groups in total. The highest BCUT2D eigenvalue weighted by Crippen LogP contribution is 2.30. The monoisotopic (exact) mass is 363 g/mol. The fourth-order valence-corrected chi connectivity index (χ4v) is 2.75. The van der Waals surface area contributed by atoms with Crippen LogP contribution in [0.5, 0.6) is 11.5 Å². The highest BCUT2D eigenvalue weighted by Gasteiger charge is 2.15. The Labute approximate surface area is 140 Å². The Morgan fingerprint density at radius 1 is 0.909 bits per heavy atom. The zero-order valence-corrected chi connectivity index (χ0v) is 15.0. The topological polar surface area (TPSA) is 30.5 Å². The molecule has 2 aromatic rings. The van der Waals surface area contributed by atoms with Gasteiger partial charge in [-0.1, -0.05) is 28.1 Å². The van der Waals surface area contributed by atoms with Crippen molar-refractivity contribution in [1.29, 1.82) is 0 Å². The number of ether oxygens (including phenoxy) is 2. The fourth-order valence-electron chi connectivity index (χ4n) is 2.49. The minimum Gasteiger partial charge on any atom is -0.497 e. The Kier molecular flexibility index (Phi) is 5.86. The first-order valence-electron chi connectivity index (χ1n) is 7.28. The van der Waals surface area contributed by atoms with Gasteiger partial charge in [0.1, 0.15) is 11.5 Å². The molecule has 2 unspecified atom stereocenters. The minimum atomic E-state index is 0.142. The number of nitrogens with one attached hydrogen (secondary N) is 1. The molecule has 2 rings (SSSR count). The summed E-state index contributed by atoms with van der Waals surface area (Å²) in [4.78, 5) is 0. The third kappa shape index (κ3) is 4.02. The van der Waals surface area contributed by atoms with E-state index in [0.717, 1.165) is 21.5 Å². The molecule has 4 heteroatoms. The van der Waals surface area contributed by atoms with E-state index in [1.165, 1.54) is 5.56 Å². The number of benzene rings is 2. The summed E-state index contributed by atoms with van der Waals surface area (Å²) in [7, 11) is 3.37. The third-order valence-electron chi connectivity index (χ3n) is 3.77. The number of hydrogen-bond acceptors (Lipinski definition) is 3. The van der Waals surface area contributed by atoms with E-state index in [0.29, 0.717) is 0 Å². The molecule has 2 atom stereocenters. The maximum Gasteiger partial charge on any atom is 0.123 e. The molecule has 0 spiro atoms. The van der Waals surface area contributed by atoms with Crippen LogP contribution in [0.1, 0.15) is 37.1 Å². The average molecular weight is 364 g/mol. The molecule has 0 saturated heterocycles. The largest absolute Gasteiger partial charge is 0.497 e. The van der Waals surface area contributed by atoms with Gasteiger partial charge in [-0.05, 0) is 49.7 Å². The van der Waals surface area contributed by atoms with Gasteiger partial charge < -0.3 is 14.8 Å². The normalized spacial score (nSPS) is 13.5. The van der Waals surface area contributed by atoms with E-state index in [1.807, 2.05) is 18.2 Å². The van der Waals surface area contributed by atoms with E-state index in [2.05, 4.69) is 59.4 Å². The van der Waals surface area contributed by atoms with Crippen molar-refractivity contribution in [1.82, 2.24) is 5.32 Å². The molecule has 0 aliphatic rings. The maximum absolute atomic E-state index is 5.47. The molecule has 0 bridgehead atoms. The molecule has 0 amide bonds. The van der Waals surface area contributed by atoms with Crippen molar-refractivity contribution in [2.45, 2.75) is 25.9 Å². The van der Waals surface area contributed by atoms with Gasteiger partial charge in [-0.15, -0.1) is 0 Å². The van der Waals surface area contributed by atoms with Gasteiger partial charge in [0.2, 0.25) is 0 Å². The van der Waals surface area contributed by atoms with Gasteiger partial charge in [0.15, 0.2) is 0 Å². The van der Waals surface area contributed by atoms with Gasteiger partial charge in [-0.2, -0.15) is 0 Å². The smallest absolute Gasteiger partial charge is 0.123 e. The molecule has 3 nitrogen and oxygen atoms in total. The van der Waals surface area contributed by atoms with Crippen LogP contribution in [-0.2, 0) is 0 Å². The summed E-state index contributed by atoms with van der Waals surface area (Å²) in [6.45, 7) is 4.29. The van der Waals surface area contributed by atoms with Crippen LogP contribution in [0.25, 0.3) is 0 Å². The Hall–Kier alpha value is -1.52. The molecule has 0 aliphatic carbocycles. The summed E-state index contributed by atoms with van der Waals surface area (Å²) in [5.41, 5.74) is 2.34. The van der Waals surface area contributed by atoms with Crippen LogP contribution < -0.4 is 14.8 Å². The van der Waals surface area contributed by atoms with Crippen molar-refractivity contribution < 1.29 is 9.47 Å². The van der Waals surface area contributed by atoms with Crippen molar-refractivity contribution in [3.63, 3.8) is 0 Å². The van der Waals surface area contributed by atoms with Gasteiger partial charge >= 0.3 is 0 Å². The second kappa shape index (κ2) is 7.65. The van der Waals surface area contributed by atoms with E-state index in [1.54, 1.807) is 14.2 Å². The second-order valence-corrected chi connectivity index (χ2v) is 6.19. The lowest BCUT2D eigenvalue weighted by Gasteiger charge is -2.23. The third-order valence-corrected chi connectivity index (χ3v) is 4.30. The first-order valence-corrected chi connectivity index (χ1v) is 8.08. The van der Waals surface area contributed by atoms with E-state index in [4.69, 9.17) is 9.47 Å². The average Bonchev–Trinajstić information content (AvgIpc) is 2.54. The predicted molar refractivity (Wildman–Crippen MR) is 93.7 cm³/mol. The summed E-state index contributed by atoms with van der Waals surface area (Å²) in [5.74, 6) is 1.70. The fraction of sp³-hybridized carbons (Fsp3) is 0.333. The highest BCUT2D eigenvalue weighted by atomic mass is 79.9. The van der Waals surface area contributed by atoms with Gasteiger partial charge in [-0.25, -0.2) is 0 Å². The summed E-state index contributed by atoms with van der Waals surface area (Å²) >= 11 is 3.47. The molecule has 118 valence electrons. The Bertz CT molecular complexity index is 613. The molecule has 0 radical (unpaired) electrons. The minimum absolute atomic E-state index is 0.142. The number of halogens is 1. The zero-order chi connectivity index (χ0) is 16.1. The van der Waals surface area contributed by atoms with Crippen LogP contribution in [-0.4, -0.2) is 14.2 Å². The van der Waals surface area contributed by atoms with Gasteiger partial charge in [0.05, 0.1) is 14.2 Å². The van der Waals surface area contributed by atoms with Crippen molar-refractivity contribution >= 4 is 15.9 Å². The van der Waals surface area contributed by atoms with Crippen LogP contribution in [0, 0.1) is 0 Å². The zero-order valence-electron chi connectivity index (χ0n) is 13.4. The molecule has 0 aliphatic heterocycles. The van der Waals surface area contributed by atoms with Crippen molar-refractivity contribution in [3.8, 4) is 11.5 Å². The molecule has 2 aromatic carbocycles. The Morgan fingerprint density at radius 3 is 2.18 bits per heavy atom.